The monoisotopic (exact) mass is 234 g/mol. The van der Waals surface area contributed by atoms with Crippen LogP contribution >= 0.6 is 0 Å². The number of esters is 1. The second-order valence-corrected chi connectivity index (χ2v) is 4.19. The van der Waals surface area contributed by atoms with E-state index in [1.807, 2.05) is 26.0 Å². The largest absolute Gasteiger partial charge is 0.465 e. The van der Waals surface area contributed by atoms with Crippen LogP contribution in [0.25, 0.3) is 0 Å². The SMILES string of the molecule is CC.COC(=O)c1ccc(C2CCC2)c(C)c1. The van der Waals surface area contributed by atoms with Crippen LogP contribution in [0.3, 0.4) is 0 Å². The highest BCUT2D eigenvalue weighted by molar-refractivity contribution is 5.89. The van der Waals surface area contributed by atoms with Gasteiger partial charge in [0.25, 0.3) is 0 Å². The maximum atomic E-state index is 11.3. The van der Waals surface area contributed by atoms with Gasteiger partial charge in [-0.25, -0.2) is 4.79 Å². The van der Waals surface area contributed by atoms with Gasteiger partial charge < -0.3 is 4.74 Å². The zero-order valence-corrected chi connectivity index (χ0v) is 11.2. The van der Waals surface area contributed by atoms with Gasteiger partial charge in [0.05, 0.1) is 12.7 Å². The molecular weight excluding hydrogens is 212 g/mol. The predicted molar refractivity (Wildman–Crippen MR) is 70.5 cm³/mol. The van der Waals surface area contributed by atoms with Crippen LogP contribution in [-0.4, -0.2) is 13.1 Å². The van der Waals surface area contributed by atoms with Gasteiger partial charge in [-0.1, -0.05) is 26.3 Å². The molecule has 1 fully saturated rings. The summed E-state index contributed by atoms with van der Waals surface area (Å²) in [6.07, 6.45) is 3.92. The molecule has 0 saturated heterocycles. The molecule has 1 aliphatic rings. The van der Waals surface area contributed by atoms with Gasteiger partial charge >= 0.3 is 5.97 Å². The molecule has 0 heterocycles. The predicted octanol–water partition coefficient (Wildman–Crippen LogP) is 4.08. The number of carbonyl (C=O) groups is 1. The maximum absolute atomic E-state index is 11.3. The summed E-state index contributed by atoms with van der Waals surface area (Å²) in [5, 5.41) is 0. The first-order chi connectivity index (χ1) is 8.22. The normalized spacial score (nSPS) is 14.4. The summed E-state index contributed by atoms with van der Waals surface area (Å²) >= 11 is 0. The van der Waals surface area contributed by atoms with E-state index in [1.165, 1.54) is 37.5 Å². The van der Waals surface area contributed by atoms with Crippen LogP contribution < -0.4 is 0 Å². The minimum atomic E-state index is -0.252. The first-order valence-corrected chi connectivity index (χ1v) is 6.41. The van der Waals surface area contributed by atoms with Crippen molar-refractivity contribution in [2.45, 2.75) is 46.0 Å². The van der Waals surface area contributed by atoms with Crippen LogP contribution in [0, 0.1) is 6.92 Å². The van der Waals surface area contributed by atoms with Gasteiger partial charge in [0, 0.05) is 0 Å². The number of carbonyl (C=O) groups excluding carboxylic acids is 1. The quantitative estimate of drug-likeness (QED) is 0.721. The Morgan fingerprint density at radius 3 is 2.35 bits per heavy atom. The van der Waals surface area contributed by atoms with Crippen molar-refractivity contribution in [1.29, 1.82) is 0 Å². The first kappa shape index (κ1) is 13.8. The summed E-state index contributed by atoms with van der Waals surface area (Å²) < 4.78 is 4.69. The minimum absolute atomic E-state index is 0.252. The number of benzene rings is 1. The molecule has 0 amide bonds. The number of rotatable bonds is 2. The number of methoxy groups -OCH3 is 1. The lowest BCUT2D eigenvalue weighted by Gasteiger charge is -2.27. The molecule has 1 aliphatic carbocycles. The second-order valence-electron chi connectivity index (χ2n) is 4.19. The Kier molecular flexibility index (Phi) is 5.20. The third-order valence-electron chi connectivity index (χ3n) is 3.24. The van der Waals surface area contributed by atoms with Crippen molar-refractivity contribution in [2.75, 3.05) is 7.11 Å². The Labute approximate surface area is 104 Å². The molecule has 0 atom stereocenters. The molecular formula is C15H22O2. The smallest absolute Gasteiger partial charge is 0.337 e. The van der Waals surface area contributed by atoms with Gasteiger partial charge in [-0.15, -0.1) is 0 Å². The summed E-state index contributed by atoms with van der Waals surface area (Å²) in [4.78, 5) is 11.3. The molecule has 0 aliphatic heterocycles. The molecule has 0 bridgehead atoms. The van der Waals surface area contributed by atoms with Gasteiger partial charge in [0.15, 0.2) is 0 Å². The molecule has 0 aromatic heterocycles. The highest BCUT2D eigenvalue weighted by atomic mass is 16.5. The Hall–Kier alpha value is -1.31. The molecule has 2 nitrogen and oxygen atoms in total. The maximum Gasteiger partial charge on any atom is 0.337 e. The zero-order valence-electron chi connectivity index (χ0n) is 11.2. The number of hydrogen-bond donors (Lipinski definition) is 0. The highest BCUT2D eigenvalue weighted by Crippen LogP contribution is 2.37. The summed E-state index contributed by atoms with van der Waals surface area (Å²) in [6, 6.07) is 5.87. The van der Waals surface area contributed by atoms with E-state index in [-0.39, 0.29) is 5.97 Å². The van der Waals surface area contributed by atoms with Crippen LogP contribution in [0.4, 0.5) is 0 Å². The van der Waals surface area contributed by atoms with E-state index in [1.54, 1.807) is 0 Å². The molecule has 0 N–H and O–H groups in total. The van der Waals surface area contributed by atoms with Crippen molar-refractivity contribution in [2.24, 2.45) is 0 Å². The van der Waals surface area contributed by atoms with E-state index < -0.39 is 0 Å². The van der Waals surface area contributed by atoms with E-state index in [2.05, 4.69) is 13.0 Å². The van der Waals surface area contributed by atoms with E-state index in [4.69, 9.17) is 4.74 Å². The summed E-state index contributed by atoms with van der Waals surface area (Å²) in [7, 11) is 1.41. The van der Waals surface area contributed by atoms with Crippen LogP contribution in [0.2, 0.25) is 0 Å². The van der Waals surface area contributed by atoms with E-state index in [0.717, 1.165) is 5.92 Å². The van der Waals surface area contributed by atoms with Crippen molar-refractivity contribution < 1.29 is 9.53 Å². The van der Waals surface area contributed by atoms with E-state index >= 15 is 0 Å². The van der Waals surface area contributed by atoms with Crippen LogP contribution in [0.5, 0.6) is 0 Å². The second kappa shape index (κ2) is 6.43. The lowest BCUT2D eigenvalue weighted by molar-refractivity contribution is 0.0600. The molecule has 2 heteroatoms. The molecule has 2 rings (SSSR count). The average Bonchev–Trinajstić information content (AvgIpc) is 2.31. The zero-order chi connectivity index (χ0) is 12.8. The van der Waals surface area contributed by atoms with E-state index in [9.17, 15) is 4.79 Å². The Balaban J connectivity index is 0.000000686. The fourth-order valence-corrected chi connectivity index (χ4v) is 2.10. The lowest BCUT2D eigenvalue weighted by atomic mass is 9.78. The third-order valence-corrected chi connectivity index (χ3v) is 3.24. The minimum Gasteiger partial charge on any atom is -0.465 e. The molecule has 1 saturated carbocycles. The molecule has 1 aromatic rings. The summed E-state index contributed by atoms with van der Waals surface area (Å²) in [5.74, 6) is 0.468. The Morgan fingerprint density at radius 2 is 1.94 bits per heavy atom. The fourth-order valence-electron chi connectivity index (χ4n) is 2.10. The fraction of sp³-hybridized carbons (Fsp3) is 0.533. The van der Waals surface area contributed by atoms with Crippen molar-refractivity contribution >= 4 is 5.97 Å². The molecule has 1 aromatic carbocycles. The van der Waals surface area contributed by atoms with Gasteiger partial charge in [-0.2, -0.15) is 0 Å². The summed E-state index contributed by atoms with van der Waals surface area (Å²) in [5.41, 5.74) is 3.26. The Morgan fingerprint density at radius 1 is 1.29 bits per heavy atom. The van der Waals surface area contributed by atoms with Gasteiger partial charge in [-0.05, 0) is 48.9 Å². The van der Waals surface area contributed by atoms with Gasteiger partial charge in [0.2, 0.25) is 0 Å². The third kappa shape index (κ3) is 3.09. The van der Waals surface area contributed by atoms with E-state index in [0.29, 0.717) is 5.56 Å². The standard InChI is InChI=1S/C13H16O2.C2H6/c1-9-8-11(13(14)15-2)6-7-12(9)10-4-3-5-10;1-2/h6-8,10H,3-5H2,1-2H3;1-2H3. The lowest BCUT2D eigenvalue weighted by Crippen LogP contribution is -2.11. The molecule has 0 unspecified atom stereocenters. The summed E-state index contributed by atoms with van der Waals surface area (Å²) in [6.45, 7) is 6.07. The molecule has 0 radical (unpaired) electrons. The van der Waals surface area contributed by atoms with Crippen molar-refractivity contribution in [1.82, 2.24) is 0 Å². The van der Waals surface area contributed by atoms with Crippen molar-refractivity contribution in [3.05, 3.63) is 34.9 Å². The molecule has 17 heavy (non-hydrogen) atoms. The van der Waals surface area contributed by atoms with Crippen LogP contribution in [0.15, 0.2) is 18.2 Å². The van der Waals surface area contributed by atoms with Crippen molar-refractivity contribution in [3.8, 4) is 0 Å². The molecule has 94 valence electrons. The number of aryl methyl sites for hydroxylation is 1. The van der Waals surface area contributed by atoms with Gasteiger partial charge in [0.1, 0.15) is 0 Å². The first-order valence-electron chi connectivity index (χ1n) is 6.41. The highest BCUT2D eigenvalue weighted by Gasteiger charge is 2.21. The van der Waals surface area contributed by atoms with Crippen LogP contribution in [-0.2, 0) is 4.74 Å². The average molecular weight is 234 g/mol. The topological polar surface area (TPSA) is 26.3 Å². The van der Waals surface area contributed by atoms with Gasteiger partial charge in [-0.3, -0.25) is 0 Å². The number of hydrogen-bond acceptors (Lipinski definition) is 2. The van der Waals surface area contributed by atoms with Crippen molar-refractivity contribution in [3.63, 3.8) is 0 Å². The van der Waals surface area contributed by atoms with Crippen LogP contribution in [0.1, 0.15) is 60.5 Å². The number of ether oxygens (including phenoxy) is 1. The Bertz CT molecular complexity index is 379. The molecule has 0 spiro atoms.